The maximum Gasteiger partial charge on any atom is 0.269 e. The number of rotatable bonds is 5. The van der Waals surface area contributed by atoms with Gasteiger partial charge >= 0.3 is 0 Å². The van der Waals surface area contributed by atoms with E-state index in [1.54, 1.807) is 16.2 Å². The van der Waals surface area contributed by atoms with E-state index in [1.807, 2.05) is 32.0 Å². The first-order valence-corrected chi connectivity index (χ1v) is 12.0. The summed E-state index contributed by atoms with van der Waals surface area (Å²) < 4.78 is 3.24. The van der Waals surface area contributed by atoms with Gasteiger partial charge in [0.05, 0.1) is 22.8 Å². The van der Waals surface area contributed by atoms with Crippen LogP contribution in [-0.4, -0.2) is 35.9 Å². The molecular formula is C24H22N6O4S. The Morgan fingerprint density at radius 2 is 1.97 bits per heavy atom. The molecule has 0 aliphatic carbocycles. The lowest BCUT2D eigenvalue weighted by Crippen LogP contribution is -2.27. The highest BCUT2D eigenvalue weighted by molar-refractivity contribution is 7.99. The lowest BCUT2D eigenvalue weighted by atomic mass is 10.1. The van der Waals surface area contributed by atoms with Crippen LogP contribution >= 0.6 is 11.8 Å². The zero-order chi connectivity index (χ0) is 24.9. The summed E-state index contributed by atoms with van der Waals surface area (Å²) >= 11 is 1.43. The zero-order valence-electron chi connectivity index (χ0n) is 19.3. The molecule has 1 aliphatic rings. The van der Waals surface area contributed by atoms with Crippen molar-refractivity contribution in [1.82, 2.24) is 19.3 Å². The van der Waals surface area contributed by atoms with E-state index >= 15 is 0 Å². The van der Waals surface area contributed by atoms with Crippen molar-refractivity contribution in [2.75, 3.05) is 11.1 Å². The first kappa shape index (κ1) is 22.8. The number of thioether (sulfide) groups is 1. The van der Waals surface area contributed by atoms with Gasteiger partial charge in [-0.2, -0.15) is 5.10 Å². The molecule has 0 fully saturated rings. The largest absolute Gasteiger partial charge is 0.326 e. The average Bonchev–Trinajstić information content (AvgIpc) is 3.42. The number of hydrogen-bond acceptors (Lipinski definition) is 7. The van der Waals surface area contributed by atoms with Crippen LogP contribution in [0.4, 0.5) is 11.4 Å². The third-order valence-corrected chi connectivity index (χ3v) is 7.32. The van der Waals surface area contributed by atoms with Gasteiger partial charge in [0.25, 0.3) is 11.2 Å². The first-order valence-electron chi connectivity index (χ1n) is 11.0. The summed E-state index contributed by atoms with van der Waals surface area (Å²) in [6, 6.07) is 9.88. The highest BCUT2D eigenvalue weighted by Gasteiger charge is 2.30. The molecule has 1 N–H and O–H groups in total. The minimum Gasteiger partial charge on any atom is -0.326 e. The lowest BCUT2D eigenvalue weighted by molar-refractivity contribution is -0.384. The van der Waals surface area contributed by atoms with Crippen LogP contribution in [0.1, 0.15) is 29.2 Å². The fraction of sp³-hybridized carbons (Fsp3) is 0.250. The average molecular weight is 491 g/mol. The van der Waals surface area contributed by atoms with Gasteiger partial charge in [0.15, 0.2) is 10.8 Å². The van der Waals surface area contributed by atoms with Gasteiger partial charge in [-0.05, 0) is 55.7 Å². The number of nitrogens with zero attached hydrogens (tertiary/aromatic N) is 5. The van der Waals surface area contributed by atoms with Gasteiger partial charge in [-0.1, -0.05) is 17.8 Å². The number of nitro groups is 1. The molecule has 0 saturated carbocycles. The van der Waals surface area contributed by atoms with Gasteiger partial charge in [0.1, 0.15) is 5.39 Å². The standard InChI is InChI=1S/C24H22N6O4S/c1-13-4-5-16(8-14(13)2)29-22-19(11-25-29)23(32)28-18(12-35-24(28)27-22)10-21(31)26-20-7-6-17(30(33)34)9-15(20)3/h4-9,11,18H,10,12H2,1-3H3,(H,26,31). The molecule has 2 aromatic carbocycles. The van der Waals surface area contributed by atoms with Gasteiger partial charge in [-0.15, -0.1) is 0 Å². The third-order valence-electron chi connectivity index (χ3n) is 6.22. The summed E-state index contributed by atoms with van der Waals surface area (Å²) in [4.78, 5) is 41.3. The Balaban J connectivity index is 1.41. The summed E-state index contributed by atoms with van der Waals surface area (Å²) in [5, 5.41) is 19.1. The van der Waals surface area contributed by atoms with Crippen LogP contribution in [0.2, 0.25) is 0 Å². The Bertz CT molecular complexity index is 1570. The van der Waals surface area contributed by atoms with Crippen LogP contribution in [0.25, 0.3) is 16.7 Å². The molecule has 178 valence electrons. The van der Waals surface area contributed by atoms with Crippen LogP contribution in [0, 0.1) is 30.9 Å². The molecule has 0 bridgehead atoms. The van der Waals surface area contributed by atoms with Gasteiger partial charge in [0, 0.05) is 30.0 Å². The minimum atomic E-state index is -0.479. The lowest BCUT2D eigenvalue weighted by Gasteiger charge is -2.14. The number of aromatic nitrogens is 4. The molecule has 1 aliphatic heterocycles. The number of amides is 1. The maximum atomic E-state index is 13.4. The van der Waals surface area contributed by atoms with Crippen LogP contribution in [0.5, 0.6) is 0 Å². The van der Waals surface area contributed by atoms with E-state index in [0.717, 1.165) is 11.3 Å². The van der Waals surface area contributed by atoms with E-state index in [0.29, 0.717) is 33.2 Å². The fourth-order valence-corrected chi connectivity index (χ4v) is 5.27. The predicted octanol–water partition coefficient (Wildman–Crippen LogP) is 4.09. The van der Waals surface area contributed by atoms with Gasteiger partial charge in [-0.3, -0.25) is 24.3 Å². The molecule has 1 unspecified atom stereocenters. The number of anilines is 1. The topological polar surface area (TPSA) is 125 Å². The summed E-state index contributed by atoms with van der Waals surface area (Å²) in [6.45, 7) is 5.75. The molecule has 10 nitrogen and oxygen atoms in total. The summed E-state index contributed by atoms with van der Waals surface area (Å²) in [6.07, 6.45) is 1.60. The zero-order valence-corrected chi connectivity index (χ0v) is 20.1. The second-order valence-corrected chi connectivity index (χ2v) is 9.59. The number of fused-ring (bicyclic) bond motifs is 2. The second-order valence-electron chi connectivity index (χ2n) is 8.61. The SMILES string of the molecule is Cc1ccc(-n2ncc3c(=O)n4c(nc32)SCC4CC(=O)Nc2ccc([N+](=O)[O-])cc2C)cc1C. The highest BCUT2D eigenvalue weighted by atomic mass is 32.2. The molecule has 35 heavy (non-hydrogen) atoms. The van der Waals surface area contributed by atoms with E-state index in [4.69, 9.17) is 4.98 Å². The van der Waals surface area contributed by atoms with Gasteiger partial charge in [-0.25, -0.2) is 9.67 Å². The first-order chi connectivity index (χ1) is 16.7. The maximum absolute atomic E-state index is 13.4. The van der Waals surface area contributed by atoms with Crippen molar-refractivity contribution in [3.8, 4) is 5.69 Å². The van der Waals surface area contributed by atoms with E-state index in [9.17, 15) is 19.7 Å². The molecule has 11 heteroatoms. The molecular weight excluding hydrogens is 468 g/mol. The predicted molar refractivity (Wildman–Crippen MR) is 133 cm³/mol. The van der Waals surface area contributed by atoms with Gasteiger partial charge < -0.3 is 5.32 Å². The van der Waals surface area contributed by atoms with Crippen molar-refractivity contribution < 1.29 is 9.72 Å². The van der Waals surface area contributed by atoms with Crippen molar-refractivity contribution in [3.63, 3.8) is 0 Å². The Morgan fingerprint density at radius 1 is 1.17 bits per heavy atom. The highest BCUT2D eigenvalue weighted by Crippen LogP contribution is 2.34. The fourth-order valence-electron chi connectivity index (χ4n) is 4.14. The number of aryl methyl sites for hydroxylation is 3. The number of carbonyl (C=O) groups is 1. The van der Waals surface area contributed by atoms with E-state index in [1.165, 1.54) is 41.7 Å². The number of nitrogens with one attached hydrogen (secondary N) is 1. The second kappa shape index (κ2) is 8.66. The smallest absolute Gasteiger partial charge is 0.269 e. The molecule has 3 heterocycles. The van der Waals surface area contributed by atoms with Crippen LogP contribution < -0.4 is 10.9 Å². The minimum absolute atomic E-state index is 0.0374. The number of carbonyl (C=O) groups excluding carboxylic acids is 1. The van der Waals surface area contributed by atoms with Crippen molar-refractivity contribution >= 4 is 40.1 Å². The molecule has 4 aromatic rings. The van der Waals surface area contributed by atoms with Crippen LogP contribution in [0.3, 0.4) is 0 Å². The summed E-state index contributed by atoms with van der Waals surface area (Å²) in [5.41, 5.74) is 4.43. The Labute approximate surface area is 204 Å². The Morgan fingerprint density at radius 3 is 2.69 bits per heavy atom. The monoisotopic (exact) mass is 490 g/mol. The van der Waals surface area contributed by atoms with Gasteiger partial charge in [0.2, 0.25) is 5.91 Å². The molecule has 0 spiro atoms. The van der Waals surface area contributed by atoms with Crippen molar-refractivity contribution in [3.05, 3.63) is 79.8 Å². The number of hydrogen-bond donors (Lipinski definition) is 1. The van der Waals surface area contributed by atoms with Crippen molar-refractivity contribution in [1.29, 1.82) is 0 Å². The van der Waals surface area contributed by atoms with Crippen LogP contribution in [-0.2, 0) is 4.79 Å². The summed E-state index contributed by atoms with van der Waals surface area (Å²) in [5.74, 6) is 0.261. The molecule has 0 radical (unpaired) electrons. The molecule has 1 atom stereocenters. The summed E-state index contributed by atoms with van der Waals surface area (Å²) in [7, 11) is 0. The van der Waals surface area contributed by atoms with E-state index < -0.39 is 4.92 Å². The molecule has 5 rings (SSSR count). The quantitative estimate of drug-likeness (QED) is 0.254. The van der Waals surface area contributed by atoms with E-state index in [-0.39, 0.29) is 29.6 Å². The normalized spacial score (nSPS) is 14.8. The third kappa shape index (κ3) is 4.08. The number of non-ortho nitro benzene ring substituents is 1. The van der Waals surface area contributed by atoms with Crippen LogP contribution in [0.15, 0.2) is 52.5 Å². The number of nitro benzene ring substituents is 1. The van der Waals surface area contributed by atoms with E-state index in [2.05, 4.69) is 10.4 Å². The molecule has 1 amide bonds. The van der Waals surface area contributed by atoms with Crippen molar-refractivity contribution in [2.45, 2.75) is 38.4 Å². The van der Waals surface area contributed by atoms with Crippen molar-refractivity contribution in [2.24, 2.45) is 0 Å². The Kier molecular flexibility index (Phi) is 5.64. The Hall–Kier alpha value is -3.99. The molecule has 0 saturated heterocycles. The molecule has 2 aromatic heterocycles. The number of benzene rings is 2.